The Morgan fingerprint density at radius 2 is 1.43 bits per heavy atom. The Balaban J connectivity index is 2.17. The van der Waals surface area contributed by atoms with Crippen molar-refractivity contribution in [2.75, 3.05) is 0 Å². The van der Waals surface area contributed by atoms with Gasteiger partial charge in [-0.25, -0.2) is 0 Å². The molecule has 0 aliphatic carbocycles. The summed E-state index contributed by atoms with van der Waals surface area (Å²) in [6.45, 7) is 0. The van der Waals surface area contributed by atoms with Crippen LogP contribution in [0.3, 0.4) is 0 Å². The van der Waals surface area contributed by atoms with Gasteiger partial charge in [-0.3, -0.25) is 0 Å². The average molecular weight is 291 g/mol. The molecule has 0 spiro atoms. The molecule has 102 valence electrons. The Morgan fingerprint density at radius 1 is 0.714 bits per heavy atom. The van der Waals surface area contributed by atoms with Gasteiger partial charge in [0.05, 0.1) is 11.0 Å². The molecule has 3 aromatic carbocycles. The summed E-state index contributed by atoms with van der Waals surface area (Å²) in [5, 5.41) is 3.38. The summed E-state index contributed by atoms with van der Waals surface area (Å²) in [6.07, 6.45) is 0. The summed E-state index contributed by atoms with van der Waals surface area (Å²) in [5.74, 6) is 0. The molecule has 21 heavy (non-hydrogen) atoms. The first kappa shape index (κ1) is 12.6. The van der Waals surface area contributed by atoms with Crippen LogP contribution in [0.25, 0.3) is 27.5 Å². The fraction of sp³-hybridized carbons (Fsp3) is 0. The van der Waals surface area contributed by atoms with E-state index in [-0.39, 0.29) is 8.81 Å². The summed E-state index contributed by atoms with van der Waals surface area (Å²) >= 11 is 0. The molecule has 0 bridgehead atoms. The van der Waals surface area contributed by atoms with Gasteiger partial charge in [0.15, 0.2) is 0 Å². The second-order valence-corrected chi connectivity index (χ2v) is 5.83. The molecule has 0 aliphatic rings. The predicted molar refractivity (Wildman–Crippen MR) is 90.9 cm³/mol. The van der Waals surface area contributed by atoms with Crippen LogP contribution in [0.1, 0.15) is 0 Å². The summed E-state index contributed by atoms with van der Waals surface area (Å²) in [4.78, 5) is 9.41. The molecule has 0 aliphatic heterocycles. The molecule has 0 saturated heterocycles. The minimum atomic E-state index is -0.169. The van der Waals surface area contributed by atoms with Gasteiger partial charge in [0.2, 0.25) is 0 Å². The highest BCUT2D eigenvalue weighted by atomic mass is 31.1. The van der Waals surface area contributed by atoms with E-state index in [9.17, 15) is 4.89 Å². The zero-order valence-electron chi connectivity index (χ0n) is 11.3. The van der Waals surface area contributed by atoms with E-state index in [1.807, 2.05) is 12.1 Å². The number of rotatable bonds is 2. The Kier molecular flexibility index (Phi) is 2.99. The molecule has 4 rings (SSSR count). The van der Waals surface area contributed by atoms with Gasteiger partial charge in [-0.2, -0.15) is 0 Å². The quantitative estimate of drug-likeness (QED) is 0.555. The van der Waals surface area contributed by atoms with Crippen LogP contribution in [0.5, 0.6) is 0 Å². The lowest BCUT2D eigenvalue weighted by Crippen LogP contribution is -1.95. The third-order valence-electron chi connectivity index (χ3n) is 3.82. The van der Waals surface area contributed by atoms with Gasteiger partial charge < -0.3 is 9.46 Å². The maximum atomic E-state index is 9.41. The monoisotopic (exact) mass is 291 g/mol. The number of fused-ring (bicyclic) bond motifs is 3. The van der Waals surface area contributed by atoms with Gasteiger partial charge in [-0.05, 0) is 35.6 Å². The zero-order chi connectivity index (χ0) is 14.2. The normalized spacial score (nSPS) is 11.9. The highest BCUT2D eigenvalue weighted by molar-refractivity contribution is 7.40. The van der Waals surface area contributed by atoms with Gasteiger partial charge in [-0.1, -0.05) is 42.5 Å². The van der Waals surface area contributed by atoms with Gasteiger partial charge in [-0.15, -0.1) is 0 Å². The smallest absolute Gasteiger partial charge is 0.0541 e. The van der Waals surface area contributed by atoms with Crippen molar-refractivity contribution in [1.82, 2.24) is 4.57 Å². The second-order valence-electron chi connectivity index (χ2n) is 5.03. The number of aromatic nitrogens is 1. The van der Waals surface area contributed by atoms with E-state index in [2.05, 4.69) is 65.2 Å². The molecule has 4 aromatic rings. The number of nitrogens with zero attached hydrogens (tertiary/aromatic N) is 1. The van der Waals surface area contributed by atoms with Crippen molar-refractivity contribution >= 4 is 35.9 Å². The lowest BCUT2D eigenvalue weighted by molar-refractivity contribution is 0.655. The molecule has 1 aromatic heterocycles. The number of para-hydroxylation sites is 2. The van der Waals surface area contributed by atoms with Crippen LogP contribution in [0, 0.1) is 0 Å². The first-order valence-electron chi connectivity index (χ1n) is 6.87. The number of hydrogen-bond acceptors (Lipinski definition) is 1. The fourth-order valence-electron chi connectivity index (χ4n) is 2.90. The molecule has 0 saturated carbocycles. The van der Waals surface area contributed by atoms with E-state index in [1.54, 1.807) is 0 Å². The molecular formula is C18H14NOP. The zero-order valence-corrected chi connectivity index (χ0v) is 12.3. The van der Waals surface area contributed by atoms with Crippen LogP contribution < -0.4 is 5.30 Å². The minimum absolute atomic E-state index is 0.169. The SMILES string of the molecule is OPc1ccc2c(c1)c1ccccc1n2-c1ccccc1. The van der Waals surface area contributed by atoms with E-state index in [4.69, 9.17) is 0 Å². The highest BCUT2D eigenvalue weighted by Gasteiger charge is 2.11. The molecule has 0 amide bonds. The van der Waals surface area contributed by atoms with Gasteiger partial charge >= 0.3 is 0 Å². The largest absolute Gasteiger partial charge is 0.372 e. The van der Waals surface area contributed by atoms with Crippen LogP contribution in [0.2, 0.25) is 0 Å². The first-order valence-corrected chi connectivity index (χ1v) is 7.82. The standard InChI is InChI=1S/C18H14NOP/c20-21-14-10-11-18-16(12-14)15-8-4-5-9-17(15)19(18)13-6-2-1-3-7-13/h1-12,20-21H. The van der Waals surface area contributed by atoms with E-state index < -0.39 is 0 Å². The fourth-order valence-corrected chi connectivity index (χ4v) is 3.26. The third kappa shape index (κ3) is 1.96. The molecule has 1 unspecified atom stereocenters. The maximum Gasteiger partial charge on any atom is 0.0541 e. The van der Waals surface area contributed by atoms with Crippen molar-refractivity contribution in [3.8, 4) is 5.69 Å². The maximum absolute atomic E-state index is 9.41. The lowest BCUT2D eigenvalue weighted by Gasteiger charge is -2.07. The summed E-state index contributed by atoms with van der Waals surface area (Å²) in [5.41, 5.74) is 3.52. The van der Waals surface area contributed by atoms with Crippen molar-refractivity contribution in [3.63, 3.8) is 0 Å². The second kappa shape index (κ2) is 5.00. The number of benzene rings is 3. The Bertz CT molecular complexity index is 928. The average Bonchev–Trinajstić information content (AvgIpc) is 2.89. The van der Waals surface area contributed by atoms with Crippen LogP contribution in [0.4, 0.5) is 0 Å². The van der Waals surface area contributed by atoms with Gasteiger partial charge in [0.25, 0.3) is 0 Å². The Morgan fingerprint density at radius 3 is 2.24 bits per heavy atom. The van der Waals surface area contributed by atoms with Gasteiger partial charge in [0, 0.05) is 25.3 Å². The van der Waals surface area contributed by atoms with E-state index in [0.29, 0.717) is 0 Å². The van der Waals surface area contributed by atoms with Crippen molar-refractivity contribution in [1.29, 1.82) is 0 Å². The molecule has 2 nitrogen and oxygen atoms in total. The van der Waals surface area contributed by atoms with E-state index in [0.717, 1.165) is 11.0 Å². The third-order valence-corrected chi connectivity index (χ3v) is 4.39. The minimum Gasteiger partial charge on any atom is -0.372 e. The van der Waals surface area contributed by atoms with E-state index >= 15 is 0 Å². The van der Waals surface area contributed by atoms with Crippen LogP contribution >= 0.6 is 8.81 Å². The van der Waals surface area contributed by atoms with Crippen LogP contribution in [-0.4, -0.2) is 9.46 Å². The van der Waals surface area contributed by atoms with Crippen LogP contribution in [-0.2, 0) is 0 Å². The molecule has 3 heteroatoms. The molecule has 1 atom stereocenters. The predicted octanol–water partition coefficient (Wildman–Crippen LogP) is 3.99. The molecule has 0 fully saturated rings. The lowest BCUT2D eigenvalue weighted by atomic mass is 10.1. The Labute approximate surface area is 124 Å². The first-order chi connectivity index (χ1) is 10.4. The summed E-state index contributed by atoms with van der Waals surface area (Å²) in [7, 11) is -0.169. The van der Waals surface area contributed by atoms with Crippen molar-refractivity contribution in [2.24, 2.45) is 0 Å². The van der Waals surface area contributed by atoms with Crippen LogP contribution in [0.15, 0.2) is 72.8 Å². The summed E-state index contributed by atoms with van der Waals surface area (Å²) < 4.78 is 2.27. The van der Waals surface area contributed by atoms with Crippen molar-refractivity contribution in [2.45, 2.75) is 0 Å². The van der Waals surface area contributed by atoms with Crippen molar-refractivity contribution in [3.05, 3.63) is 72.8 Å². The molecular weight excluding hydrogens is 277 g/mol. The highest BCUT2D eigenvalue weighted by Crippen LogP contribution is 2.31. The van der Waals surface area contributed by atoms with E-state index in [1.165, 1.54) is 21.8 Å². The van der Waals surface area contributed by atoms with Crippen molar-refractivity contribution < 1.29 is 4.89 Å². The van der Waals surface area contributed by atoms with Gasteiger partial charge in [0.1, 0.15) is 0 Å². The summed E-state index contributed by atoms with van der Waals surface area (Å²) in [6, 6.07) is 25.0. The Hall–Kier alpha value is -2.15. The molecule has 1 N–H and O–H groups in total. The molecule has 1 heterocycles. The number of hydrogen-bond donors (Lipinski definition) is 1. The topological polar surface area (TPSA) is 25.2 Å². The molecule has 0 radical (unpaired) electrons.